The van der Waals surface area contributed by atoms with E-state index in [9.17, 15) is 23.7 Å². The van der Waals surface area contributed by atoms with Gasteiger partial charge in [-0.15, -0.1) is 24.5 Å². The van der Waals surface area contributed by atoms with E-state index >= 15 is 18.9 Å². The molecular formula is C101H118N6O18P2S. The summed E-state index contributed by atoms with van der Waals surface area (Å²) in [6.45, 7) is 26.6. The number of benzene rings is 6. The summed E-state index contributed by atoms with van der Waals surface area (Å²) in [5.74, 6) is -2.74. The van der Waals surface area contributed by atoms with Gasteiger partial charge in [0.25, 0.3) is 0 Å². The van der Waals surface area contributed by atoms with Gasteiger partial charge in [-0.25, -0.2) is 24.3 Å². The molecular weight excluding hydrogens is 1680 g/mol. The maximum absolute atomic E-state index is 15.5. The first kappa shape index (κ1) is 93.3. The van der Waals surface area contributed by atoms with Gasteiger partial charge in [0.1, 0.15) is 64.0 Å². The van der Waals surface area contributed by atoms with Crippen molar-refractivity contribution < 1.29 is 84.7 Å². The molecule has 6 aromatic carbocycles. The molecule has 6 aliphatic rings. The number of rotatable bonds is 35. The number of hydrogen-bond donors (Lipinski definition) is 1. The molecule has 3 unspecified atom stereocenters. The number of likely N-dealkylation sites (tertiary alicyclic amines) is 2. The molecule has 0 bridgehead atoms. The first-order valence-corrected chi connectivity index (χ1v) is 49.0. The third-order valence-electron chi connectivity index (χ3n) is 25.7. The highest BCUT2D eigenvalue weighted by Crippen LogP contribution is 2.76. The summed E-state index contributed by atoms with van der Waals surface area (Å²) in [7, 11) is -6.25. The number of carbonyl (C=O) groups is 7. The molecule has 5 heterocycles. The van der Waals surface area contributed by atoms with Gasteiger partial charge in [0.05, 0.1) is 90.1 Å². The standard InChI is InChI=1S/C52H57N2O8P.C49H61N4O10PS/c1-6-37-32-52(37,63(58,61-39-22-12-8-13-23-39)62-40-24-14-9-15-25-40)33-47(55)46-29-41(34-54(46)50(57)43(51(3,4)5)30-49(56)60-38-20-16-17-21-38)59-48-31-44(36-18-10-7-11-19-36)53-45-28-35(2)26-27-42(45)48;1-9-32-25-49(32,64(8,58)61-29-60-46(57)31-15-11-10-12-16-31)26-42(54)41-22-35(27-53(41)45(56)37(48(4,5)6)23-44(55)63-33-17-13-14-18-33)62-43-24-39(40-28-65-47(52-40)50-30(2)3)51-38-21-34(59-7)19-20-36(38)43/h6-15,18-19,22-28,31,37-38,41,43,46H,1,16-17,20-21,29-30,32-34H2,2-5H3;9-12,15-16,19-21,24,28,30,32-33,35,37,41H,1,13-14,17-18,22-23,25-27,29H2,2-8H3,(H,50,52)/t37?,41-,43-,46+,52?;32-,35-,37-,41+,49-,64?/m11/s1. The second-order valence-corrected chi connectivity index (χ2v) is 43.4. The zero-order valence-electron chi connectivity index (χ0n) is 75.0. The third kappa shape index (κ3) is 21.7. The number of carbonyl (C=O) groups excluding carboxylic acids is 7. The molecule has 24 nitrogen and oxygen atoms in total. The minimum Gasteiger partial charge on any atom is -0.497 e. The number of anilines is 1. The van der Waals surface area contributed by atoms with Crippen molar-refractivity contribution in [1.29, 1.82) is 0 Å². The van der Waals surface area contributed by atoms with Crippen LogP contribution in [0.1, 0.15) is 174 Å². The monoisotopic (exact) mass is 1800 g/mol. The van der Waals surface area contributed by atoms with Crippen molar-refractivity contribution in [3.8, 4) is 51.4 Å². The number of aromatic nitrogens is 3. The summed E-state index contributed by atoms with van der Waals surface area (Å²) >= 11 is 1.47. The van der Waals surface area contributed by atoms with Crippen molar-refractivity contribution in [1.82, 2.24) is 24.8 Å². The van der Waals surface area contributed by atoms with Crippen LogP contribution in [0.3, 0.4) is 0 Å². The molecule has 0 spiro atoms. The third-order valence-corrected chi connectivity index (χ3v) is 32.1. The molecule has 2 aliphatic heterocycles. The van der Waals surface area contributed by atoms with E-state index in [1.54, 1.807) is 108 Å². The van der Waals surface area contributed by atoms with Crippen LogP contribution in [-0.4, -0.2) is 153 Å². The van der Waals surface area contributed by atoms with Gasteiger partial charge in [0.2, 0.25) is 19.2 Å². The molecule has 0 radical (unpaired) electrons. The summed E-state index contributed by atoms with van der Waals surface area (Å²) < 4.78 is 84.9. The number of Topliss-reactive ketones (excluding diaryl/α,β-unsaturated/α-hetero) is 2. The van der Waals surface area contributed by atoms with Crippen LogP contribution in [0, 0.1) is 41.4 Å². The lowest BCUT2D eigenvalue weighted by Gasteiger charge is -2.35. The summed E-state index contributed by atoms with van der Waals surface area (Å²) in [4.78, 5) is 118. The van der Waals surface area contributed by atoms with Gasteiger partial charge in [-0.3, -0.25) is 37.9 Å². The van der Waals surface area contributed by atoms with Gasteiger partial charge in [-0.1, -0.05) is 145 Å². The van der Waals surface area contributed by atoms with Crippen LogP contribution < -0.4 is 28.6 Å². The van der Waals surface area contributed by atoms with Crippen molar-refractivity contribution in [3.05, 3.63) is 212 Å². The van der Waals surface area contributed by atoms with Crippen molar-refractivity contribution >= 4 is 94.5 Å². The largest absolute Gasteiger partial charge is 0.497 e. The van der Waals surface area contributed by atoms with Crippen molar-refractivity contribution in [2.75, 3.05) is 39.0 Å². The average Bonchev–Trinajstić information content (AvgIpc) is 1.54. The second-order valence-electron chi connectivity index (χ2n) is 37.4. The van der Waals surface area contributed by atoms with Crippen molar-refractivity contribution in [3.63, 3.8) is 0 Å². The number of ether oxygens (including phenoxy) is 6. The van der Waals surface area contributed by atoms with Gasteiger partial charge in [0, 0.05) is 78.3 Å². The molecule has 3 aromatic heterocycles. The summed E-state index contributed by atoms with van der Waals surface area (Å²) in [6, 6.07) is 49.4. The van der Waals surface area contributed by atoms with E-state index in [1.165, 1.54) is 18.0 Å². The molecule has 6 fully saturated rings. The van der Waals surface area contributed by atoms with E-state index in [0.29, 0.717) is 69.4 Å². The van der Waals surface area contributed by atoms with Gasteiger partial charge in [-0.2, -0.15) is 0 Å². The number of amides is 2. The molecule has 2 saturated heterocycles. The summed E-state index contributed by atoms with van der Waals surface area (Å²) in [5, 5.41) is 5.13. The van der Waals surface area contributed by atoms with E-state index < -0.39 is 96.9 Å². The first-order chi connectivity index (χ1) is 61.2. The van der Waals surface area contributed by atoms with Crippen LogP contribution in [0.15, 0.2) is 201 Å². The molecule has 9 aromatic rings. The zero-order valence-corrected chi connectivity index (χ0v) is 77.6. The maximum atomic E-state index is 15.5. The number of thiazole rings is 1. The summed E-state index contributed by atoms with van der Waals surface area (Å²) in [5.41, 5.74) is 4.26. The minimum absolute atomic E-state index is 0.0432. The van der Waals surface area contributed by atoms with Gasteiger partial charge < -0.3 is 52.6 Å². The molecule has 15 rings (SSSR count). The van der Waals surface area contributed by atoms with E-state index in [-0.39, 0.29) is 105 Å². The van der Waals surface area contributed by atoms with E-state index in [2.05, 4.69) is 18.5 Å². The fourth-order valence-corrected chi connectivity index (χ4v) is 23.8. The lowest BCUT2D eigenvalue weighted by molar-refractivity contribution is -0.156. The number of nitrogens with one attached hydrogen (secondary N) is 1. The molecule has 676 valence electrons. The van der Waals surface area contributed by atoms with Crippen LogP contribution in [0.25, 0.3) is 44.5 Å². The number of pyridine rings is 2. The first-order valence-electron chi connectivity index (χ1n) is 44.5. The van der Waals surface area contributed by atoms with Gasteiger partial charge >= 0.3 is 25.5 Å². The maximum Gasteiger partial charge on any atom is 0.437 e. The number of methoxy groups -OCH3 is 1. The highest BCUT2D eigenvalue weighted by molar-refractivity contribution is 7.60. The van der Waals surface area contributed by atoms with Gasteiger partial charge in [0.15, 0.2) is 23.5 Å². The predicted octanol–water partition coefficient (Wildman–Crippen LogP) is 21.1. The number of fused-ring (bicyclic) bond motifs is 2. The number of para-hydroxylation sites is 2. The van der Waals surface area contributed by atoms with Crippen LogP contribution in [-0.2, 0) is 56.6 Å². The molecule has 11 atom stereocenters. The van der Waals surface area contributed by atoms with Crippen LogP contribution in [0.2, 0.25) is 0 Å². The quantitative estimate of drug-likeness (QED) is 0.0127. The fraction of sp³-hybridized carbons (Fsp3) is 0.446. The smallest absolute Gasteiger partial charge is 0.437 e. The Morgan fingerprint density at radius 2 is 1.02 bits per heavy atom. The molecule has 2 amide bonds. The second kappa shape index (κ2) is 39.6. The van der Waals surface area contributed by atoms with E-state index in [1.807, 2.05) is 159 Å². The molecule has 1 N–H and O–H groups in total. The average molecular weight is 1800 g/mol. The molecule has 128 heavy (non-hydrogen) atoms. The lowest BCUT2D eigenvalue weighted by atomic mass is 9.77. The number of hydrogen-bond acceptors (Lipinski definition) is 23. The highest BCUT2D eigenvalue weighted by atomic mass is 32.1. The predicted molar refractivity (Wildman–Crippen MR) is 495 cm³/mol. The number of nitrogens with zero attached hydrogens (tertiary/aromatic N) is 5. The molecule has 4 saturated carbocycles. The Kier molecular flexibility index (Phi) is 28.9. The van der Waals surface area contributed by atoms with Gasteiger partial charge in [-0.05, 0) is 174 Å². The lowest BCUT2D eigenvalue weighted by Crippen LogP contribution is -2.48. The van der Waals surface area contributed by atoms with Crippen LogP contribution in [0.4, 0.5) is 5.13 Å². The molecule has 27 heteroatoms. The Morgan fingerprint density at radius 3 is 1.51 bits per heavy atom. The zero-order chi connectivity index (χ0) is 91.0. The number of allylic oxidation sites excluding steroid dienone is 2. The highest BCUT2D eigenvalue weighted by Gasteiger charge is 2.71. The number of aryl methyl sites for hydroxylation is 1. The van der Waals surface area contributed by atoms with Crippen LogP contribution >= 0.6 is 26.3 Å². The fourth-order valence-electron chi connectivity index (χ4n) is 18.3. The Bertz CT molecular complexity index is 5590. The Balaban J connectivity index is 0.000000207. The van der Waals surface area contributed by atoms with E-state index in [4.69, 9.17) is 56.9 Å². The molecule has 4 aliphatic carbocycles. The Labute approximate surface area is 754 Å². The SMILES string of the molecule is C=CC1CC1(CC(=O)[C@@H]1C[C@@H](Oc2cc(-c3ccccc3)nc3cc(C)ccc23)CN1C(=O)[C@@H](CC(=O)OC1CCCC1)C(C)(C)C)P(=O)(Oc1ccccc1)Oc1ccccc1.C=C[C@@H]1C[C@]1(CC(=O)[C@@H]1C[C@@H](Oc2cc(-c3csc(NC(C)C)n3)nc3cc(OC)ccc23)CN1C(=O)[C@@H](CC(=O)OC1CCCC1)C(C)(C)C)P(C)(=O)OCOC(=O)c1ccccc1. The van der Waals surface area contributed by atoms with Crippen LogP contribution in [0.5, 0.6) is 28.7 Å². The van der Waals surface area contributed by atoms with E-state index in [0.717, 1.165) is 84.2 Å². The number of esters is 3. The topological polar surface area (TPSA) is 294 Å². The number of ketones is 2. The summed E-state index contributed by atoms with van der Waals surface area (Å²) in [6.07, 6.45) is 9.34. The van der Waals surface area contributed by atoms with Crippen molar-refractivity contribution in [2.24, 2.45) is 34.5 Å². The Morgan fingerprint density at radius 1 is 0.562 bits per heavy atom. The Hall–Kier alpha value is -10.8. The van der Waals surface area contributed by atoms with Crippen molar-refractivity contribution in [2.45, 2.75) is 218 Å². The normalized spacial score (nSPS) is 22.0. The minimum atomic E-state index is -4.18.